The van der Waals surface area contributed by atoms with Crippen molar-refractivity contribution >= 4 is 58.5 Å². The van der Waals surface area contributed by atoms with Crippen molar-refractivity contribution in [2.45, 2.75) is 52.4 Å². The van der Waals surface area contributed by atoms with E-state index in [0.29, 0.717) is 21.4 Å². The summed E-state index contributed by atoms with van der Waals surface area (Å²) in [6.07, 6.45) is 3.06. The number of aromatic hydroxyl groups is 2. The Morgan fingerprint density at radius 1 is 0.625 bits per heavy atom. The first-order valence-electron chi connectivity index (χ1n) is 12.7. The zero-order valence-electron chi connectivity index (χ0n) is 23.5. The summed E-state index contributed by atoms with van der Waals surface area (Å²) < 4.78 is 0. The van der Waals surface area contributed by atoms with Gasteiger partial charge in [-0.1, -0.05) is 65.8 Å². The number of rotatable bonds is 6. The molecule has 0 saturated carbocycles. The molecule has 8 nitrogen and oxygen atoms in total. The molecule has 0 radical (unpaired) electrons. The van der Waals surface area contributed by atoms with Crippen LogP contribution in [0, 0.1) is 0 Å². The molecule has 210 valence electrons. The smallest absolute Gasteiger partial charge is 0.191 e. The van der Waals surface area contributed by atoms with E-state index in [1.807, 2.05) is 90.1 Å². The Balaban J connectivity index is 1.50. The van der Waals surface area contributed by atoms with Gasteiger partial charge in [-0.05, 0) is 82.8 Å². The van der Waals surface area contributed by atoms with E-state index in [1.54, 1.807) is 12.1 Å². The summed E-state index contributed by atoms with van der Waals surface area (Å²) in [6, 6.07) is 18.5. The number of hydrogen-bond acceptors (Lipinski definition) is 6. The lowest BCUT2D eigenvalue weighted by Crippen LogP contribution is -2.24. The first-order chi connectivity index (χ1) is 18.8. The number of benzene rings is 3. The van der Waals surface area contributed by atoms with Crippen LogP contribution in [-0.2, 0) is 10.8 Å². The Kier molecular flexibility index (Phi) is 9.83. The molecule has 0 fully saturated rings. The number of thiocarbonyl (C=S) groups is 2. The molecule has 3 aromatic carbocycles. The van der Waals surface area contributed by atoms with Crippen molar-refractivity contribution < 1.29 is 10.2 Å². The number of hydrogen-bond donors (Lipinski definition) is 6. The minimum absolute atomic E-state index is 0.186. The fraction of sp³-hybridized carbons (Fsp3) is 0.267. The number of phenolic OH excluding ortho intramolecular Hbond substituents is 2. The molecule has 0 heterocycles. The Hall–Kier alpha value is -4.02. The quantitative estimate of drug-likeness (QED) is 0.115. The van der Waals surface area contributed by atoms with Gasteiger partial charge < -0.3 is 20.8 Å². The van der Waals surface area contributed by atoms with E-state index >= 15 is 0 Å². The third kappa shape index (κ3) is 8.49. The van der Waals surface area contributed by atoms with E-state index in [-0.39, 0.29) is 22.3 Å². The molecule has 3 rings (SSSR count). The third-order valence-corrected chi connectivity index (χ3v) is 6.28. The Bertz CT molecular complexity index is 1310. The van der Waals surface area contributed by atoms with Crippen LogP contribution in [0.5, 0.6) is 11.5 Å². The van der Waals surface area contributed by atoms with Crippen molar-refractivity contribution in [3.63, 3.8) is 0 Å². The summed E-state index contributed by atoms with van der Waals surface area (Å²) >= 11 is 10.6. The lowest BCUT2D eigenvalue weighted by Gasteiger charge is -2.21. The second-order valence-electron chi connectivity index (χ2n) is 11.2. The molecular weight excluding hydrogens is 541 g/mol. The maximum Gasteiger partial charge on any atom is 0.191 e. The average molecular weight is 577 g/mol. The summed E-state index contributed by atoms with van der Waals surface area (Å²) in [5.74, 6) is 0.405. The number of anilines is 2. The third-order valence-electron chi connectivity index (χ3n) is 5.89. The van der Waals surface area contributed by atoms with Gasteiger partial charge in [0.25, 0.3) is 0 Å². The van der Waals surface area contributed by atoms with Gasteiger partial charge in [-0.25, -0.2) is 0 Å². The van der Waals surface area contributed by atoms with Crippen molar-refractivity contribution in [1.82, 2.24) is 10.9 Å². The van der Waals surface area contributed by atoms with Gasteiger partial charge in [-0.15, -0.1) is 0 Å². The van der Waals surface area contributed by atoms with Crippen LogP contribution in [0.4, 0.5) is 11.4 Å². The topological polar surface area (TPSA) is 113 Å². The van der Waals surface area contributed by atoms with Crippen LogP contribution in [0.3, 0.4) is 0 Å². The summed E-state index contributed by atoms with van der Waals surface area (Å²) in [4.78, 5) is 0. The average Bonchev–Trinajstić information content (AvgIpc) is 2.86. The standard InChI is InChI=1S/C30H36N6O2S2/c1-29(2,3)23-11-7-9-19(25(23)37)17-31-35-27(39)33-21-13-15-22(16-14-21)34-28(40)36-32-18-20-10-8-12-24(26(20)38)30(4,5)6/h7-18,37-38H,1-6H3,(H2,33,35,39)(H2,34,36,40)/b31-17+,32-18+. The van der Waals surface area contributed by atoms with E-state index in [9.17, 15) is 10.2 Å². The first-order valence-corrected chi connectivity index (χ1v) is 13.5. The fourth-order valence-electron chi connectivity index (χ4n) is 3.82. The van der Waals surface area contributed by atoms with Gasteiger partial charge in [0.1, 0.15) is 11.5 Å². The number of phenols is 2. The SMILES string of the molecule is CC(C)(C)c1cccc(/C=N/NC(=S)Nc2ccc(NC(=S)N/N=C/c3cccc(C(C)(C)C)c3O)cc2)c1O. The van der Waals surface area contributed by atoms with Gasteiger partial charge in [0.15, 0.2) is 10.2 Å². The van der Waals surface area contributed by atoms with Gasteiger partial charge in [0, 0.05) is 22.5 Å². The second kappa shape index (κ2) is 12.9. The lowest BCUT2D eigenvalue weighted by molar-refractivity contribution is 0.445. The molecule has 0 aliphatic carbocycles. The molecule has 0 saturated heterocycles. The summed E-state index contributed by atoms with van der Waals surface area (Å²) in [6.45, 7) is 12.2. The van der Waals surface area contributed by atoms with Crippen LogP contribution >= 0.6 is 24.4 Å². The molecule has 10 heteroatoms. The lowest BCUT2D eigenvalue weighted by atomic mass is 9.85. The van der Waals surface area contributed by atoms with Crippen molar-refractivity contribution in [3.8, 4) is 11.5 Å². The monoisotopic (exact) mass is 576 g/mol. The van der Waals surface area contributed by atoms with Crippen molar-refractivity contribution in [1.29, 1.82) is 0 Å². The zero-order chi connectivity index (χ0) is 29.5. The molecule has 0 spiro atoms. The van der Waals surface area contributed by atoms with Gasteiger partial charge in [0.05, 0.1) is 12.4 Å². The molecule has 0 amide bonds. The molecule has 0 aliphatic heterocycles. The minimum Gasteiger partial charge on any atom is -0.507 e. The van der Waals surface area contributed by atoms with Gasteiger partial charge in [0.2, 0.25) is 0 Å². The number of hydrazone groups is 2. The van der Waals surface area contributed by atoms with Gasteiger partial charge in [-0.2, -0.15) is 10.2 Å². The predicted molar refractivity (Wildman–Crippen MR) is 174 cm³/mol. The van der Waals surface area contributed by atoms with Crippen molar-refractivity contribution in [2.75, 3.05) is 10.6 Å². The largest absolute Gasteiger partial charge is 0.507 e. The number of nitrogens with zero attached hydrogens (tertiary/aromatic N) is 2. The van der Waals surface area contributed by atoms with E-state index in [1.165, 1.54) is 12.4 Å². The molecule has 0 aromatic heterocycles. The van der Waals surface area contributed by atoms with Crippen LogP contribution in [0.25, 0.3) is 0 Å². The molecule has 0 bridgehead atoms. The first kappa shape index (κ1) is 30.5. The minimum atomic E-state index is -0.186. The predicted octanol–water partition coefficient (Wildman–Crippen LogP) is 6.33. The fourth-order valence-corrected chi connectivity index (χ4v) is 4.16. The molecule has 0 aliphatic rings. The van der Waals surface area contributed by atoms with E-state index < -0.39 is 0 Å². The maximum absolute atomic E-state index is 10.6. The van der Waals surface area contributed by atoms with Crippen LogP contribution in [0.15, 0.2) is 70.9 Å². The maximum atomic E-state index is 10.6. The van der Waals surface area contributed by atoms with Crippen molar-refractivity contribution in [3.05, 3.63) is 82.9 Å². The Morgan fingerprint density at radius 2 is 0.975 bits per heavy atom. The van der Waals surface area contributed by atoms with E-state index in [0.717, 1.165) is 22.5 Å². The molecule has 6 N–H and O–H groups in total. The summed E-state index contributed by atoms with van der Waals surface area (Å²) in [5, 5.41) is 36.1. The summed E-state index contributed by atoms with van der Waals surface area (Å²) in [5.41, 5.74) is 9.55. The molecular formula is C30H36N6O2S2. The van der Waals surface area contributed by atoms with Crippen molar-refractivity contribution in [2.24, 2.45) is 10.2 Å². The Labute approximate surface area is 246 Å². The normalized spacial score (nSPS) is 11.9. The van der Waals surface area contributed by atoms with Gasteiger partial charge >= 0.3 is 0 Å². The van der Waals surface area contributed by atoms with Gasteiger partial charge in [-0.3, -0.25) is 10.9 Å². The molecule has 40 heavy (non-hydrogen) atoms. The zero-order valence-corrected chi connectivity index (χ0v) is 25.2. The highest BCUT2D eigenvalue weighted by Crippen LogP contribution is 2.33. The highest BCUT2D eigenvalue weighted by Gasteiger charge is 2.20. The number of para-hydroxylation sites is 2. The van der Waals surface area contributed by atoms with E-state index in [2.05, 4.69) is 31.7 Å². The summed E-state index contributed by atoms with van der Waals surface area (Å²) in [7, 11) is 0. The molecule has 3 aromatic rings. The Morgan fingerprint density at radius 3 is 1.30 bits per heavy atom. The molecule has 0 atom stereocenters. The van der Waals surface area contributed by atoms with Crippen LogP contribution in [0.2, 0.25) is 0 Å². The van der Waals surface area contributed by atoms with Crippen LogP contribution in [0.1, 0.15) is 63.8 Å². The van der Waals surface area contributed by atoms with E-state index in [4.69, 9.17) is 24.4 Å². The second-order valence-corrected chi connectivity index (χ2v) is 12.0. The highest BCUT2D eigenvalue weighted by atomic mass is 32.1. The van der Waals surface area contributed by atoms with Crippen LogP contribution in [-0.4, -0.2) is 32.9 Å². The molecule has 0 unspecified atom stereocenters. The number of nitrogens with one attached hydrogen (secondary N) is 4. The van der Waals surface area contributed by atoms with Crippen LogP contribution < -0.4 is 21.5 Å². The highest BCUT2D eigenvalue weighted by molar-refractivity contribution is 7.80.